The van der Waals surface area contributed by atoms with E-state index in [-0.39, 0.29) is 0 Å². The Kier molecular flexibility index (Phi) is 2.55. The van der Waals surface area contributed by atoms with Crippen molar-refractivity contribution < 1.29 is 4.74 Å². The van der Waals surface area contributed by atoms with Gasteiger partial charge in [-0.3, -0.25) is 0 Å². The highest BCUT2D eigenvalue weighted by atomic mass is 16.5. The van der Waals surface area contributed by atoms with Crippen molar-refractivity contribution >= 4 is 17.1 Å². The van der Waals surface area contributed by atoms with Crippen LogP contribution in [0.25, 0.3) is 0 Å². The Bertz CT molecular complexity index is 497. The minimum atomic E-state index is 0.355. The summed E-state index contributed by atoms with van der Waals surface area (Å²) < 4.78 is 5.58. The first-order valence-corrected chi connectivity index (χ1v) is 4.85. The molecule has 0 amide bonds. The summed E-state index contributed by atoms with van der Waals surface area (Å²) in [6.45, 7) is 0. The number of nitrogens with two attached hydrogens (primary N) is 3. The third-order valence-corrected chi connectivity index (χ3v) is 2.25. The molecule has 2 aromatic rings. The van der Waals surface area contributed by atoms with Crippen molar-refractivity contribution in [1.82, 2.24) is 0 Å². The van der Waals surface area contributed by atoms with Crippen molar-refractivity contribution in [3.05, 3.63) is 42.5 Å². The molecule has 0 aromatic heterocycles. The van der Waals surface area contributed by atoms with Crippen LogP contribution in [0.3, 0.4) is 0 Å². The Morgan fingerprint density at radius 1 is 0.750 bits per heavy atom. The molecule has 16 heavy (non-hydrogen) atoms. The second-order valence-corrected chi connectivity index (χ2v) is 3.40. The Morgan fingerprint density at radius 3 is 2.12 bits per heavy atom. The van der Waals surface area contributed by atoms with Gasteiger partial charge in [0, 0.05) is 0 Å². The van der Waals surface area contributed by atoms with Crippen molar-refractivity contribution in [2.75, 3.05) is 17.2 Å². The molecule has 2 aromatic carbocycles. The van der Waals surface area contributed by atoms with Gasteiger partial charge in [-0.1, -0.05) is 18.2 Å². The van der Waals surface area contributed by atoms with E-state index in [2.05, 4.69) is 0 Å². The summed E-state index contributed by atoms with van der Waals surface area (Å²) in [4.78, 5) is 0. The summed E-state index contributed by atoms with van der Waals surface area (Å²) >= 11 is 0. The minimum absolute atomic E-state index is 0.355. The van der Waals surface area contributed by atoms with Gasteiger partial charge in [0.25, 0.3) is 0 Å². The van der Waals surface area contributed by atoms with Crippen LogP contribution >= 0.6 is 0 Å². The van der Waals surface area contributed by atoms with Crippen LogP contribution in [-0.2, 0) is 0 Å². The smallest absolute Gasteiger partial charge is 0.152 e. The predicted octanol–water partition coefficient (Wildman–Crippen LogP) is 2.23. The predicted molar refractivity (Wildman–Crippen MR) is 66.2 cm³/mol. The summed E-state index contributed by atoms with van der Waals surface area (Å²) in [6, 6.07) is 12.7. The van der Waals surface area contributed by atoms with Gasteiger partial charge in [0.2, 0.25) is 0 Å². The van der Waals surface area contributed by atoms with Gasteiger partial charge in [-0.25, -0.2) is 0 Å². The normalized spacial score (nSPS) is 10.0. The Labute approximate surface area is 93.6 Å². The van der Waals surface area contributed by atoms with Crippen LogP contribution in [0.15, 0.2) is 42.5 Å². The molecule has 0 bridgehead atoms. The molecule has 0 aliphatic carbocycles. The molecule has 6 N–H and O–H groups in total. The molecule has 0 aliphatic heterocycles. The molecule has 4 nitrogen and oxygen atoms in total. The zero-order valence-electron chi connectivity index (χ0n) is 8.68. The first kappa shape index (κ1) is 10.2. The van der Waals surface area contributed by atoms with Crippen molar-refractivity contribution in [1.29, 1.82) is 0 Å². The van der Waals surface area contributed by atoms with Gasteiger partial charge < -0.3 is 21.9 Å². The van der Waals surface area contributed by atoms with Gasteiger partial charge in [-0.2, -0.15) is 0 Å². The van der Waals surface area contributed by atoms with Crippen LogP contribution in [-0.4, -0.2) is 0 Å². The second kappa shape index (κ2) is 4.02. The minimum Gasteiger partial charge on any atom is -0.455 e. The van der Waals surface area contributed by atoms with E-state index in [9.17, 15) is 0 Å². The number of anilines is 3. The summed E-state index contributed by atoms with van der Waals surface area (Å²) in [6.07, 6.45) is 0. The molecule has 4 heteroatoms. The lowest BCUT2D eigenvalue weighted by Gasteiger charge is -2.11. The summed E-state index contributed by atoms with van der Waals surface area (Å²) in [7, 11) is 0. The largest absolute Gasteiger partial charge is 0.455 e. The van der Waals surface area contributed by atoms with Gasteiger partial charge in [0.15, 0.2) is 5.75 Å². The molecule has 2 rings (SSSR count). The van der Waals surface area contributed by atoms with E-state index in [4.69, 9.17) is 21.9 Å². The third kappa shape index (κ3) is 1.86. The van der Waals surface area contributed by atoms with Gasteiger partial charge >= 0.3 is 0 Å². The lowest BCUT2D eigenvalue weighted by atomic mass is 10.2. The monoisotopic (exact) mass is 215 g/mol. The van der Waals surface area contributed by atoms with E-state index < -0.39 is 0 Å². The van der Waals surface area contributed by atoms with Crippen molar-refractivity contribution in [2.45, 2.75) is 0 Å². The standard InChI is InChI=1S/C12H13N3O/c13-9-6-7-10(12(15)11(9)14)16-8-4-2-1-3-5-8/h1-7H,13-15H2. The fraction of sp³-hybridized carbons (Fsp3) is 0. The molecule has 0 spiro atoms. The summed E-state index contributed by atoms with van der Waals surface area (Å²) in [5, 5.41) is 0. The van der Waals surface area contributed by atoms with Crippen molar-refractivity contribution in [2.24, 2.45) is 0 Å². The van der Waals surface area contributed by atoms with Crippen LogP contribution in [0.1, 0.15) is 0 Å². The van der Waals surface area contributed by atoms with Gasteiger partial charge in [0.1, 0.15) is 11.4 Å². The molecule has 82 valence electrons. The number of hydrogen-bond donors (Lipinski definition) is 3. The first-order chi connectivity index (χ1) is 7.68. The van der Waals surface area contributed by atoms with Crippen molar-refractivity contribution in [3.8, 4) is 11.5 Å². The molecule has 0 saturated carbocycles. The molecule has 0 aliphatic rings. The van der Waals surface area contributed by atoms with E-state index >= 15 is 0 Å². The van der Waals surface area contributed by atoms with Crippen LogP contribution in [0.2, 0.25) is 0 Å². The summed E-state index contributed by atoms with van der Waals surface area (Å²) in [5.41, 5.74) is 18.3. The van der Waals surface area contributed by atoms with E-state index in [1.165, 1.54) is 0 Å². The SMILES string of the molecule is Nc1ccc(Oc2ccccc2)c(N)c1N. The average Bonchev–Trinajstić information content (AvgIpc) is 2.31. The number of rotatable bonds is 2. The number of para-hydroxylation sites is 1. The highest BCUT2D eigenvalue weighted by Gasteiger charge is 2.07. The maximum atomic E-state index is 5.80. The lowest BCUT2D eigenvalue weighted by molar-refractivity contribution is 0.485. The Hall–Kier alpha value is -2.36. The number of nitrogen functional groups attached to an aromatic ring is 3. The number of benzene rings is 2. The quantitative estimate of drug-likeness (QED) is 0.670. The number of hydrogen-bond acceptors (Lipinski definition) is 4. The maximum absolute atomic E-state index is 5.80. The van der Waals surface area contributed by atoms with Crippen LogP contribution in [0.5, 0.6) is 11.5 Å². The molecule has 0 heterocycles. The summed E-state index contributed by atoms with van der Waals surface area (Å²) in [5.74, 6) is 1.22. The number of ether oxygens (including phenoxy) is 1. The average molecular weight is 215 g/mol. The molecule has 0 saturated heterocycles. The van der Waals surface area contributed by atoms with E-state index in [1.54, 1.807) is 12.1 Å². The van der Waals surface area contributed by atoms with E-state index in [0.717, 1.165) is 0 Å². The van der Waals surface area contributed by atoms with Gasteiger partial charge in [-0.05, 0) is 24.3 Å². The molecule has 0 radical (unpaired) electrons. The topological polar surface area (TPSA) is 87.3 Å². The highest BCUT2D eigenvalue weighted by molar-refractivity contribution is 5.82. The second-order valence-electron chi connectivity index (χ2n) is 3.40. The van der Waals surface area contributed by atoms with Crippen molar-refractivity contribution in [3.63, 3.8) is 0 Å². The van der Waals surface area contributed by atoms with Crippen LogP contribution < -0.4 is 21.9 Å². The molecular weight excluding hydrogens is 202 g/mol. The van der Waals surface area contributed by atoms with Gasteiger partial charge in [0.05, 0.1) is 11.4 Å². The van der Waals surface area contributed by atoms with Crippen LogP contribution in [0, 0.1) is 0 Å². The fourth-order valence-corrected chi connectivity index (χ4v) is 1.34. The zero-order chi connectivity index (χ0) is 11.5. The third-order valence-electron chi connectivity index (χ3n) is 2.25. The Balaban J connectivity index is 2.33. The van der Waals surface area contributed by atoms with E-state index in [1.807, 2.05) is 30.3 Å². The Morgan fingerprint density at radius 2 is 1.44 bits per heavy atom. The zero-order valence-corrected chi connectivity index (χ0v) is 8.68. The lowest BCUT2D eigenvalue weighted by Crippen LogP contribution is -2.01. The molecule has 0 fully saturated rings. The van der Waals surface area contributed by atoms with Crippen LogP contribution in [0.4, 0.5) is 17.1 Å². The van der Waals surface area contributed by atoms with E-state index in [0.29, 0.717) is 28.6 Å². The molecular formula is C12H13N3O. The molecule has 0 unspecified atom stereocenters. The highest BCUT2D eigenvalue weighted by Crippen LogP contribution is 2.34. The fourth-order valence-electron chi connectivity index (χ4n) is 1.34. The molecule has 0 atom stereocenters. The first-order valence-electron chi connectivity index (χ1n) is 4.85. The van der Waals surface area contributed by atoms with Gasteiger partial charge in [-0.15, -0.1) is 0 Å². The maximum Gasteiger partial charge on any atom is 0.152 e.